The number of amides is 1. The molecule has 0 saturated heterocycles. The Balaban J connectivity index is 1.32. The van der Waals surface area contributed by atoms with Gasteiger partial charge in [-0.05, 0) is 54.0 Å². The van der Waals surface area contributed by atoms with Crippen molar-refractivity contribution in [2.45, 2.75) is 38.6 Å². The Morgan fingerprint density at radius 3 is 2.69 bits per heavy atom. The van der Waals surface area contributed by atoms with Crippen molar-refractivity contribution in [1.82, 2.24) is 19.9 Å². The molecule has 0 bridgehead atoms. The summed E-state index contributed by atoms with van der Waals surface area (Å²) in [4.78, 5) is 20.7. The summed E-state index contributed by atoms with van der Waals surface area (Å²) in [5, 5.41) is 2.98. The second kappa shape index (κ2) is 7.52. The van der Waals surface area contributed by atoms with Gasteiger partial charge in [-0.2, -0.15) is 0 Å². The predicted molar refractivity (Wildman–Crippen MR) is 100.0 cm³/mol. The van der Waals surface area contributed by atoms with E-state index < -0.39 is 0 Å². The van der Waals surface area contributed by atoms with Crippen LogP contribution < -0.4 is 5.32 Å². The van der Waals surface area contributed by atoms with Crippen LogP contribution in [0.5, 0.6) is 0 Å². The number of rotatable bonds is 5. The molecule has 1 aliphatic carbocycles. The zero-order chi connectivity index (χ0) is 17.8. The molecular weight excluding hydrogens is 324 g/mol. The van der Waals surface area contributed by atoms with Gasteiger partial charge in [0.05, 0.1) is 6.42 Å². The van der Waals surface area contributed by atoms with Gasteiger partial charge in [-0.15, -0.1) is 0 Å². The summed E-state index contributed by atoms with van der Waals surface area (Å²) in [6, 6.07) is 10.4. The van der Waals surface area contributed by atoms with Crippen LogP contribution in [-0.2, 0) is 30.6 Å². The van der Waals surface area contributed by atoms with Crippen LogP contribution in [0.3, 0.4) is 0 Å². The highest BCUT2D eigenvalue weighted by molar-refractivity contribution is 5.78. The van der Waals surface area contributed by atoms with Crippen LogP contribution in [0.25, 0.3) is 5.82 Å². The molecule has 0 fully saturated rings. The number of fused-ring (bicyclic) bond motifs is 1. The third kappa shape index (κ3) is 3.82. The fourth-order valence-corrected chi connectivity index (χ4v) is 3.41. The van der Waals surface area contributed by atoms with Gasteiger partial charge < -0.3 is 5.32 Å². The SMILES string of the molecule is O=C(Cc1ccc2c(c1)CCCC2)NCc1ccc(-n2ccnc2)nc1. The van der Waals surface area contributed by atoms with Crippen molar-refractivity contribution >= 4 is 5.91 Å². The van der Waals surface area contributed by atoms with Crippen molar-refractivity contribution in [3.8, 4) is 5.82 Å². The van der Waals surface area contributed by atoms with Gasteiger partial charge >= 0.3 is 0 Å². The first-order valence-electron chi connectivity index (χ1n) is 9.08. The monoisotopic (exact) mass is 346 g/mol. The number of aromatic nitrogens is 3. The zero-order valence-electron chi connectivity index (χ0n) is 14.7. The Bertz CT molecular complexity index is 885. The molecule has 0 aliphatic heterocycles. The summed E-state index contributed by atoms with van der Waals surface area (Å²) < 4.78 is 1.85. The highest BCUT2D eigenvalue weighted by Gasteiger charge is 2.11. The van der Waals surface area contributed by atoms with Crippen molar-refractivity contribution in [2.75, 3.05) is 0 Å². The van der Waals surface area contributed by atoms with Crippen molar-refractivity contribution in [2.24, 2.45) is 0 Å². The normalized spacial score (nSPS) is 13.2. The maximum Gasteiger partial charge on any atom is 0.224 e. The Morgan fingerprint density at radius 2 is 1.92 bits per heavy atom. The lowest BCUT2D eigenvalue weighted by atomic mass is 9.90. The number of carbonyl (C=O) groups is 1. The average molecular weight is 346 g/mol. The topological polar surface area (TPSA) is 59.8 Å². The van der Waals surface area contributed by atoms with Crippen LogP contribution in [0.4, 0.5) is 0 Å². The second-order valence-corrected chi connectivity index (χ2v) is 6.76. The number of imidazole rings is 1. The molecule has 26 heavy (non-hydrogen) atoms. The molecule has 1 aromatic carbocycles. The number of hydrogen-bond acceptors (Lipinski definition) is 3. The molecule has 1 aliphatic rings. The van der Waals surface area contributed by atoms with Crippen LogP contribution in [0.15, 0.2) is 55.2 Å². The molecule has 2 aromatic heterocycles. The second-order valence-electron chi connectivity index (χ2n) is 6.76. The van der Waals surface area contributed by atoms with Crippen LogP contribution in [0.1, 0.15) is 35.1 Å². The number of carbonyl (C=O) groups excluding carboxylic acids is 1. The van der Waals surface area contributed by atoms with Crippen LogP contribution in [-0.4, -0.2) is 20.4 Å². The molecule has 5 heteroatoms. The van der Waals surface area contributed by atoms with E-state index in [1.54, 1.807) is 18.7 Å². The van der Waals surface area contributed by atoms with E-state index in [-0.39, 0.29) is 5.91 Å². The van der Waals surface area contributed by atoms with E-state index in [0.717, 1.165) is 23.4 Å². The van der Waals surface area contributed by atoms with Gasteiger partial charge in [0.25, 0.3) is 0 Å². The molecule has 0 spiro atoms. The van der Waals surface area contributed by atoms with Crippen LogP contribution in [0, 0.1) is 0 Å². The number of nitrogens with one attached hydrogen (secondary N) is 1. The zero-order valence-corrected chi connectivity index (χ0v) is 14.7. The number of pyridine rings is 1. The standard InChI is InChI=1S/C21H22N4O/c26-21(12-16-5-7-18-3-1-2-4-19(18)11-16)24-14-17-6-8-20(23-13-17)25-10-9-22-15-25/h5-11,13,15H,1-4,12,14H2,(H,24,26). The quantitative estimate of drug-likeness (QED) is 0.772. The first-order chi connectivity index (χ1) is 12.8. The lowest BCUT2D eigenvalue weighted by Crippen LogP contribution is -2.24. The van der Waals surface area contributed by atoms with Gasteiger partial charge in [-0.1, -0.05) is 24.3 Å². The first kappa shape index (κ1) is 16.5. The van der Waals surface area contributed by atoms with Gasteiger partial charge in [0, 0.05) is 25.1 Å². The summed E-state index contributed by atoms with van der Waals surface area (Å²) in [5.41, 5.74) is 4.94. The molecule has 0 radical (unpaired) electrons. The molecule has 4 rings (SSSR count). The van der Waals surface area contributed by atoms with Crippen molar-refractivity contribution in [3.63, 3.8) is 0 Å². The van der Waals surface area contributed by atoms with Crippen molar-refractivity contribution < 1.29 is 4.79 Å². The summed E-state index contributed by atoms with van der Waals surface area (Å²) in [6.45, 7) is 0.487. The molecule has 5 nitrogen and oxygen atoms in total. The van der Waals surface area contributed by atoms with Crippen molar-refractivity contribution in [3.05, 3.63) is 77.5 Å². The van der Waals surface area contributed by atoms with Gasteiger partial charge in [0.2, 0.25) is 5.91 Å². The highest BCUT2D eigenvalue weighted by Crippen LogP contribution is 2.22. The highest BCUT2D eigenvalue weighted by atomic mass is 16.1. The minimum Gasteiger partial charge on any atom is -0.352 e. The largest absolute Gasteiger partial charge is 0.352 e. The smallest absolute Gasteiger partial charge is 0.224 e. The molecule has 132 valence electrons. The van der Waals surface area contributed by atoms with E-state index in [0.29, 0.717) is 13.0 Å². The first-order valence-corrected chi connectivity index (χ1v) is 9.08. The van der Waals surface area contributed by atoms with E-state index >= 15 is 0 Å². The summed E-state index contributed by atoms with van der Waals surface area (Å²) >= 11 is 0. The van der Waals surface area contributed by atoms with E-state index in [1.165, 1.54) is 30.4 Å². The van der Waals surface area contributed by atoms with Gasteiger partial charge in [-0.25, -0.2) is 9.97 Å². The third-order valence-corrected chi connectivity index (χ3v) is 4.85. The molecule has 0 atom stereocenters. The molecule has 0 saturated carbocycles. The third-order valence-electron chi connectivity index (χ3n) is 4.85. The molecule has 0 unspecified atom stereocenters. The lowest BCUT2D eigenvalue weighted by Gasteiger charge is -2.16. The summed E-state index contributed by atoms with van der Waals surface area (Å²) in [5.74, 6) is 0.853. The van der Waals surface area contributed by atoms with Crippen LogP contribution in [0.2, 0.25) is 0 Å². The Labute approximate surface area is 153 Å². The minimum atomic E-state index is 0.0412. The fourth-order valence-electron chi connectivity index (χ4n) is 3.41. The van der Waals surface area contributed by atoms with Gasteiger partial charge in [0.1, 0.15) is 12.1 Å². The summed E-state index contributed by atoms with van der Waals surface area (Å²) in [6.07, 6.45) is 12.3. The molecular formula is C21H22N4O. The maximum atomic E-state index is 12.3. The molecule has 1 N–H and O–H groups in total. The number of hydrogen-bond donors (Lipinski definition) is 1. The molecule has 3 aromatic rings. The number of benzene rings is 1. The predicted octanol–water partition coefficient (Wildman–Crippen LogP) is 3.01. The lowest BCUT2D eigenvalue weighted by molar-refractivity contribution is -0.120. The Hall–Kier alpha value is -2.95. The van der Waals surface area contributed by atoms with Gasteiger partial charge in [0.15, 0.2) is 0 Å². The van der Waals surface area contributed by atoms with E-state index in [2.05, 4.69) is 33.5 Å². The maximum absolute atomic E-state index is 12.3. The van der Waals surface area contributed by atoms with E-state index in [1.807, 2.05) is 22.9 Å². The van der Waals surface area contributed by atoms with E-state index in [9.17, 15) is 4.79 Å². The van der Waals surface area contributed by atoms with Crippen molar-refractivity contribution in [1.29, 1.82) is 0 Å². The number of nitrogens with zero attached hydrogens (tertiary/aromatic N) is 3. The minimum absolute atomic E-state index is 0.0412. The fraction of sp³-hybridized carbons (Fsp3) is 0.286. The Morgan fingerprint density at radius 1 is 1.08 bits per heavy atom. The number of aryl methyl sites for hydroxylation is 2. The summed E-state index contributed by atoms with van der Waals surface area (Å²) in [7, 11) is 0. The molecule has 1 amide bonds. The van der Waals surface area contributed by atoms with E-state index in [4.69, 9.17) is 0 Å². The Kier molecular flexibility index (Phi) is 4.78. The van der Waals surface area contributed by atoms with Gasteiger partial charge in [-0.3, -0.25) is 9.36 Å². The average Bonchev–Trinajstić information content (AvgIpc) is 3.21. The van der Waals surface area contributed by atoms with Crippen LogP contribution >= 0.6 is 0 Å². The molecule has 2 heterocycles.